The maximum Gasteiger partial charge on any atom is 0.418 e. The average Bonchev–Trinajstić information content (AvgIpc) is 2.15. The number of rotatable bonds is 3. The third kappa shape index (κ3) is 3.61. The molecule has 1 rings (SSSR count). The molecule has 0 saturated heterocycles. The maximum atomic E-state index is 12.5. The number of aromatic amines is 1. The summed E-state index contributed by atoms with van der Waals surface area (Å²) in [6.45, 7) is 1.61. The number of alkyl halides is 3. The summed E-state index contributed by atoms with van der Waals surface area (Å²) >= 11 is 0. The number of H-pyrrole nitrogens is 1. The molecule has 1 N–H and O–H groups in total. The van der Waals surface area contributed by atoms with E-state index in [-0.39, 0.29) is 12.2 Å². The molecule has 0 aliphatic carbocycles. The van der Waals surface area contributed by atoms with Crippen molar-refractivity contribution >= 4 is 5.97 Å². The highest BCUT2D eigenvalue weighted by molar-refractivity contribution is 5.73. The van der Waals surface area contributed by atoms with Gasteiger partial charge in [0, 0.05) is 12.3 Å². The molecule has 1 aromatic rings. The summed E-state index contributed by atoms with van der Waals surface area (Å²) in [4.78, 5) is 24.0. The predicted octanol–water partition coefficient (Wildman–Crippen LogP) is 1.50. The van der Waals surface area contributed by atoms with Crippen LogP contribution in [0.3, 0.4) is 0 Å². The summed E-state index contributed by atoms with van der Waals surface area (Å²) < 4.78 is 42.2. The van der Waals surface area contributed by atoms with E-state index in [4.69, 9.17) is 0 Å². The van der Waals surface area contributed by atoms with Gasteiger partial charge >= 0.3 is 12.1 Å². The van der Waals surface area contributed by atoms with E-state index >= 15 is 0 Å². The number of esters is 1. The smallest absolute Gasteiger partial charge is 0.418 e. The number of carbonyl (C=O) groups excluding carboxylic acids is 1. The van der Waals surface area contributed by atoms with Crippen LogP contribution in [-0.2, 0) is 22.1 Å². The molecule has 0 fully saturated rings. The van der Waals surface area contributed by atoms with Crippen LogP contribution < -0.4 is 5.56 Å². The highest BCUT2D eigenvalue weighted by Gasteiger charge is 2.34. The summed E-state index contributed by atoms with van der Waals surface area (Å²) in [5.74, 6) is -0.802. The highest BCUT2D eigenvalue weighted by atomic mass is 19.4. The van der Waals surface area contributed by atoms with Crippen molar-refractivity contribution in [3.63, 3.8) is 0 Å². The molecule has 0 aromatic carbocycles. The Bertz CT molecular complexity index is 465. The first-order valence-electron chi connectivity index (χ1n) is 4.79. The standard InChI is InChI=1S/C10H10F3NO3/c1-2-17-9(16)4-6-3-8(15)14-5-7(6)10(11,12)13/h3,5H,2,4H2,1H3,(H,14,15). The molecule has 0 saturated carbocycles. The van der Waals surface area contributed by atoms with Crippen LogP contribution in [0, 0.1) is 0 Å². The maximum absolute atomic E-state index is 12.5. The highest BCUT2D eigenvalue weighted by Crippen LogP contribution is 2.30. The third-order valence-corrected chi connectivity index (χ3v) is 1.96. The molecule has 0 radical (unpaired) electrons. The summed E-state index contributed by atoms with van der Waals surface area (Å²) in [5.41, 5.74) is -2.12. The largest absolute Gasteiger partial charge is 0.466 e. The minimum Gasteiger partial charge on any atom is -0.466 e. The Balaban J connectivity index is 3.08. The fraction of sp³-hybridized carbons (Fsp3) is 0.400. The number of halogens is 3. The second kappa shape index (κ2) is 5.03. The Morgan fingerprint density at radius 3 is 2.65 bits per heavy atom. The lowest BCUT2D eigenvalue weighted by molar-refractivity contribution is -0.143. The van der Waals surface area contributed by atoms with Crippen molar-refractivity contribution in [2.75, 3.05) is 6.61 Å². The zero-order chi connectivity index (χ0) is 13.1. The molecule has 0 unspecified atom stereocenters. The van der Waals surface area contributed by atoms with Gasteiger partial charge in [-0.25, -0.2) is 0 Å². The fourth-order valence-electron chi connectivity index (χ4n) is 1.29. The number of hydrogen-bond donors (Lipinski definition) is 1. The molecule has 0 atom stereocenters. The number of pyridine rings is 1. The lowest BCUT2D eigenvalue weighted by Crippen LogP contribution is -2.18. The van der Waals surface area contributed by atoms with E-state index in [1.807, 2.05) is 4.98 Å². The molecule has 17 heavy (non-hydrogen) atoms. The number of hydrogen-bond acceptors (Lipinski definition) is 3. The van der Waals surface area contributed by atoms with Crippen LogP contribution in [0.1, 0.15) is 18.1 Å². The number of aromatic nitrogens is 1. The van der Waals surface area contributed by atoms with Crippen molar-refractivity contribution in [1.29, 1.82) is 0 Å². The summed E-state index contributed by atoms with van der Waals surface area (Å²) in [6.07, 6.45) is -4.64. The van der Waals surface area contributed by atoms with E-state index < -0.39 is 29.7 Å². The lowest BCUT2D eigenvalue weighted by Gasteiger charge is -2.11. The molecule has 0 amide bonds. The van der Waals surface area contributed by atoms with Crippen molar-refractivity contribution < 1.29 is 22.7 Å². The molecule has 0 spiro atoms. The normalized spacial score (nSPS) is 11.3. The first-order chi connectivity index (χ1) is 7.84. The molecular weight excluding hydrogens is 239 g/mol. The topological polar surface area (TPSA) is 59.2 Å². The number of nitrogens with one attached hydrogen (secondary N) is 1. The van der Waals surface area contributed by atoms with Crippen LogP contribution in [0.25, 0.3) is 0 Å². The van der Waals surface area contributed by atoms with Gasteiger partial charge in [-0.1, -0.05) is 0 Å². The fourth-order valence-corrected chi connectivity index (χ4v) is 1.29. The van der Waals surface area contributed by atoms with Gasteiger partial charge in [-0.2, -0.15) is 13.2 Å². The Kier molecular flexibility index (Phi) is 3.93. The van der Waals surface area contributed by atoms with Gasteiger partial charge < -0.3 is 9.72 Å². The molecule has 4 nitrogen and oxygen atoms in total. The lowest BCUT2D eigenvalue weighted by atomic mass is 10.1. The van der Waals surface area contributed by atoms with Gasteiger partial charge in [0.15, 0.2) is 0 Å². The zero-order valence-electron chi connectivity index (χ0n) is 8.93. The van der Waals surface area contributed by atoms with Gasteiger partial charge in [-0.05, 0) is 12.5 Å². The Hall–Kier alpha value is -1.79. The van der Waals surface area contributed by atoms with E-state index in [0.717, 1.165) is 6.07 Å². The van der Waals surface area contributed by atoms with Gasteiger partial charge in [0.05, 0.1) is 18.6 Å². The first-order valence-corrected chi connectivity index (χ1v) is 4.79. The van der Waals surface area contributed by atoms with Crippen LogP contribution in [0.2, 0.25) is 0 Å². The summed E-state index contributed by atoms with van der Waals surface area (Å²) in [7, 11) is 0. The quantitative estimate of drug-likeness (QED) is 0.826. The molecule has 7 heteroatoms. The van der Waals surface area contributed by atoms with Crippen molar-refractivity contribution in [2.45, 2.75) is 19.5 Å². The number of ether oxygens (including phenoxy) is 1. The zero-order valence-corrected chi connectivity index (χ0v) is 8.93. The molecule has 0 aliphatic heterocycles. The van der Waals surface area contributed by atoms with Gasteiger partial charge in [0.2, 0.25) is 5.56 Å². The minimum atomic E-state index is -4.62. The molecule has 1 aromatic heterocycles. The van der Waals surface area contributed by atoms with E-state index in [0.29, 0.717) is 6.20 Å². The molecule has 94 valence electrons. The van der Waals surface area contributed by atoms with E-state index in [9.17, 15) is 22.8 Å². The van der Waals surface area contributed by atoms with Gasteiger partial charge in [0.1, 0.15) is 0 Å². The molecule has 1 heterocycles. The second-order valence-corrected chi connectivity index (χ2v) is 3.22. The van der Waals surface area contributed by atoms with Crippen LogP contribution in [0.4, 0.5) is 13.2 Å². The summed E-state index contributed by atoms with van der Waals surface area (Å²) in [5, 5.41) is 0. The van der Waals surface area contributed by atoms with Gasteiger partial charge in [-0.15, -0.1) is 0 Å². The molecule has 0 bridgehead atoms. The van der Waals surface area contributed by atoms with Crippen LogP contribution in [0.5, 0.6) is 0 Å². The predicted molar refractivity (Wildman–Crippen MR) is 52.4 cm³/mol. The molecular formula is C10H10F3NO3. The number of carbonyl (C=O) groups is 1. The van der Waals surface area contributed by atoms with Gasteiger partial charge in [0.25, 0.3) is 0 Å². The van der Waals surface area contributed by atoms with E-state index in [1.54, 1.807) is 6.92 Å². The minimum absolute atomic E-state index is 0.0728. The van der Waals surface area contributed by atoms with Crippen molar-refractivity contribution in [2.24, 2.45) is 0 Å². The van der Waals surface area contributed by atoms with Crippen LogP contribution >= 0.6 is 0 Å². The van der Waals surface area contributed by atoms with Gasteiger partial charge in [-0.3, -0.25) is 9.59 Å². The van der Waals surface area contributed by atoms with E-state index in [2.05, 4.69) is 4.74 Å². The van der Waals surface area contributed by atoms with Crippen molar-refractivity contribution in [3.8, 4) is 0 Å². The van der Waals surface area contributed by atoms with Crippen molar-refractivity contribution in [3.05, 3.63) is 33.7 Å². The molecule has 0 aliphatic rings. The Morgan fingerprint density at radius 1 is 1.47 bits per heavy atom. The van der Waals surface area contributed by atoms with Crippen LogP contribution in [-0.4, -0.2) is 17.6 Å². The second-order valence-electron chi connectivity index (χ2n) is 3.22. The third-order valence-electron chi connectivity index (χ3n) is 1.96. The SMILES string of the molecule is CCOC(=O)Cc1cc(=O)[nH]cc1C(F)(F)F. The Labute approximate surface area is 94.4 Å². The monoisotopic (exact) mass is 249 g/mol. The van der Waals surface area contributed by atoms with Crippen molar-refractivity contribution in [1.82, 2.24) is 4.98 Å². The van der Waals surface area contributed by atoms with Crippen LogP contribution in [0.15, 0.2) is 17.1 Å². The Morgan fingerprint density at radius 2 is 2.12 bits per heavy atom. The van der Waals surface area contributed by atoms with E-state index in [1.165, 1.54) is 0 Å². The first kappa shape index (κ1) is 13.3. The average molecular weight is 249 g/mol. The summed E-state index contributed by atoms with van der Waals surface area (Å²) in [6, 6.07) is 0.750.